The van der Waals surface area contributed by atoms with E-state index in [2.05, 4.69) is 31.5 Å². The number of rotatable bonds is 1. The van der Waals surface area contributed by atoms with Crippen molar-refractivity contribution in [3.05, 3.63) is 12.7 Å². The number of nitrogens with zero attached hydrogens (tertiary/aromatic N) is 1. The second kappa shape index (κ2) is 1.31. The van der Waals surface area contributed by atoms with Gasteiger partial charge in [-0.05, 0) is 31.2 Å². The number of likely N-dealkylation sites (tertiary alicyclic amines) is 1. The van der Waals surface area contributed by atoms with Crippen molar-refractivity contribution >= 4 is 0 Å². The van der Waals surface area contributed by atoms with Gasteiger partial charge in [-0.1, -0.05) is 13.0 Å². The van der Waals surface area contributed by atoms with Gasteiger partial charge in [0.1, 0.15) is 0 Å². The Kier molecular flexibility index (Phi) is 0.742. The Morgan fingerprint density at radius 2 is 2.27 bits per heavy atom. The molecule has 0 bridgehead atoms. The summed E-state index contributed by atoms with van der Waals surface area (Å²) in [6, 6.07) is 0.851. The third kappa shape index (κ3) is 0.427. The molecule has 4 unspecified atom stereocenters. The van der Waals surface area contributed by atoms with Gasteiger partial charge in [-0.2, -0.15) is 0 Å². The van der Waals surface area contributed by atoms with Gasteiger partial charge >= 0.3 is 0 Å². The fourth-order valence-corrected chi connectivity index (χ4v) is 3.53. The predicted molar refractivity (Wildman–Crippen MR) is 45.3 cm³/mol. The summed E-state index contributed by atoms with van der Waals surface area (Å²) in [6.45, 7) is 6.41. The largest absolute Gasteiger partial charge is 0.290 e. The van der Waals surface area contributed by atoms with Gasteiger partial charge in [0.05, 0.1) is 5.54 Å². The maximum absolute atomic E-state index is 3.97. The molecule has 0 radical (unpaired) electrons. The molecule has 2 aliphatic carbocycles. The van der Waals surface area contributed by atoms with Gasteiger partial charge in [0.25, 0.3) is 0 Å². The molecule has 1 heteroatoms. The number of likely N-dealkylation sites (N-methyl/N-ethyl adjacent to an activating group) is 1. The van der Waals surface area contributed by atoms with E-state index in [1.807, 2.05) is 0 Å². The van der Waals surface area contributed by atoms with Crippen LogP contribution in [0.4, 0.5) is 0 Å². The Labute approximate surface area is 68.1 Å². The van der Waals surface area contributed by atoms with Crippen molar-refractivity contribution in [1.29, 1.82) is 0 Å². The monoisotopic (exact) mass is 149 g/mol. The van der Waals surface area contributed by atoms with Gasteiger partial charge < -0.3 is 0 Å². The first-order valence-corrected chi connectivity index (χ1v) is 4.52. The Bertz CT molecular complexity index is 247. The third-order valence-electron chi connectivity index (χ3n) is 4.44. The highest BCUT2D eigenvalue weighted by Gasteiger charge is 2.79. The van der Waals surface area contributed by atoms with Crippen LogP contribution in [0.1, 0.15) is 19.8 Å². The van der Waals surface area contributed by atoms with Crippen molar-refractivity contribution in [1.82, 2.24) is 4.90 Å². The summed E-state index contributed by atoms with van der Waals surface area (Å²) in [5, 5.41) is 0. The van der Waals surface area contributed by atoms with Crippen LogP contribution in [0.25, 0.3) is 0 Å². The molecule has 0 amide bonds. The number of piperidine rings is 1. The minimum Gasteiger partial charge on any atom is -0.290 e. The van der Waals surface area contributed by atoms with Crippen LogP contribution >= 0.6 is 0 Å². The second-order valence-electron chi connectivity index (χ2n) is 4.83. The van der Waals surface area contributed by atoms with Crippen LogP contribution in [0, 0.1) is 11.3 Å². The van der Waals surface area contributed by atoms with Crippen molar-refractivity contribution in [2.24, 2.45) is 11.3 Å². The van der Waals surface area contributed by atoms with Crippen LogP contribution in [-0.2, 0) is 0 Å². The van der Waals surface area contributed by atoms with E-state index < -0.39 is 0 Å². The first-order chi connectivity index (χ1) is 5.15. The summed E-state index contributed by atoms with van der Waals surface area (Å²) in [4.78, 5) is 2.50. The Morgan fingerprint density at radius 3 is 2.73 bits per heavy atom. The van der Waals surface area contributed by atoms with E-state index in [-0.39, 0.29) is 0 Å². The lowest BCUT2D eigenvalue weighted by Crippen LogP contribution is -2.16. The van der Waals surface area contributed by atoms with Crippen LogP contribution in [0.2, 0.25) is 0 Å². The molecule has 1 nitrogen and oxygen atoms in total. The van der Waals surface area contributed by atoms with Crippen molar-refractivity contribution in [3.63, 3.8) is 0 Å². The molecule has 60 valence electrons. The lowest BCUT2D eigenvalue weighted by molar-refractivity contribution is 0.377. The molecule has 0 aromatic heterocycles. The summed E-state index contributed by atoms with van der Waals surface area (Å²) in [7, 11) is 2.24. The predicted octanol–water partition coefficient (Wildman–Crippen LogP) is 1.66. The maximum atomic E-state index is 3.97. The van der Waals surface area contributed by atoms with Crippen molar-refractivity contribution < 1.29 is 0 Å². The summed E-state index contributed by atoms with van der Waals surface area (Å²) in [5.74, 6) is 0.947. The summed E-state index contributed by atoms with van der Waals surface area (Å²) in [6.07, 6.45) is 5.06. The molecule has 2 saturated carbocycles. The minimum atomic E-state index is 0.453. The van der Waals surface area contributed by atoms with Crippen LogP contribution in [0.15, 0.2) is 12.7 Å². The van der Waals surface area contributed by atoms with Gasteiger partial charge in [0.2, 0.25) is 0 Å². The molecule has 3 fully saturated rings. The molecule has 0 N–H and O–H groups in total. The van der Waals surface area contributed by atoms with E-state index in [4.69, 9.17) is 0 Å². The third-order valence-corrected chi connectivity index (χ3v) is 4.44. The van der Waals surface area contributed by atoms with E-state index in [0.717, 1.165) is 12.0 Å². The number of hydrogen-bond acceptors (Lipinski definition) is 1. The van der Waals surface area contributed by atoms with Gasteiger partial charge in [-0.15, -0.1) is 6.58 Å². The smallest absolute Gasteiger partial charge is 0.0579 e. The zero-order valence-corrected chi connectivity index (χ0v) is 7.30. The summed E-state index contributed by atoms with van der Waals surface area (Å²) in [5.41, 5.74) is 1.17. The highest BCUT2D eigenvalue weighted by atomic mass is 15.4. The highest BCUT2D eigenvalue weighted by Crippen LogP contribution is 2.76. The second-order valence-corrected chi connectivity index (χ2v) is 4.83. The average Bonchev–Trinajstić information content (AvgIpc) is 2.75. The van der Waals surface area contributed by atoms with Gasteiger partial charge in [0.15, 0.2) is 0 Å². The number of hydrogen-bond donors (Lipinski definition) is 0. The topological polar surface area (TPSA) is 3.01 Å². The SMILES string of the molecule is C=CC12C(C[C@@]3(C)CC13)N2C. The molecule has 5 atom stereocenters. The normalized spacial score (nSPS) is 70.2. The summed E-state index contributed by atoms with van der Waals surface area (Å²) >= 11 is 0. The lowest BCUT2D eigenvalue weighted by atomic mass is 10.0. The molecule has 0 aromatic rings. The van der Waals surface area contributed by atoms with Gasteiger partial charge in [0, 0.05) is 6.04 Å². The van der Waals surface area contributed by atoms with E-state index >= 15 is 0 Å². The molecule has 3 aliphatic rings. The molecule has 0 spiro atoms. The molecule has 0 aromatic carbocycles. The van der Waals surface area contributed by atoms with Crippen LogP contribution < -0.4 is 0 Å². The van der Waals surface area contributed by atoms with Crippen molar-refractivity contribution in [2.75, 3.05) is 7.05 Å². The first-order valence-electron chi connectivity index (χ1n) is 4.52. The van der Waals surface area contributed by atoms with E-state index in [1.165, 1.54) is 12.8 Å². The minimum absolute atomic E-state index is 0.453. The molecular weight excluding hydrogens is 134 g/mol. The Morgan fingerprint density at radius 1 is 1.55 bits per heavy atom. The molecular formula is C10H15N. The van der Waals surface area contributed by atoms with Crippen LogP contribution in [0.5, 0.6) is 0 Å². The Hall–Kier alpha value is -0.300. The molecule has 3 rings (SSSR count). The molecule has 1 aliphatic heterocycles. The van der Waals surface area contributed by atoms with Gasteiger partial charge in [-0.3, -0.25) is 4.90 Å². The fraction of sp³-hybridized carbons (Fsp3) is 0.800. The quantitative estimate of drug-likeness (QED) is 0.405. The lowest BCUT2D eigenvalue weighted by Gasteiger charge is -2.11. The van der Waals surface area contributed by atoms with E-state index in [0.29, 0.717) is 11.0 Å². The summed E-state index contributed by atoms with van der Waals surface area (Å²) < 4.78 is 0. The molecule has 1 heterocycles. The zero-order valence-electron chi connectivity index (χ0n) is 7.30. The molecule has 1 saturated heterocycles. The Balaban J connectivity index is 2.01. The fourth-order valence-electron chi connectivity index (χ4n) is 3.53. The van der Waals surface area contributed by atoms with Crippen LogP contribution in [0.3, 0.4) is 0 Å². The van der Waals surface area contributed by atoms with Crippen molar-refractivity contribution in [3.8, 4) is 0 Å². The van der Waals surface area contributed by atoms with E-state index in [1.54, 1.807) is 0 Å². The standard InChI is InChI=1S/C10H15N/c1-4-10-7-5-9(7,2)6-8(10)11(10)3/h4,7-8H,1,5-6H2,2-3H3/t7?,8?,9-,10?,11?/m1/s1. The zero-order chi connectivity index (χ0) is 7.85. The average molecular weight is 149 g/mol. The van der Waals surface area contributed by atoms with Gasteiger partial charge in [-0.25, -0.2) is 0 Å². The van der Waals surface area contributed by atoms with Crippen LogP contribution in [-0.4, -0.2) is 23.5 Å². The maximum Gasteiger partial charge on any atom is 0.0579 e. The highest BCUT2D eigenvalue weighted by molar-refractivity contribution is 5.40. The van der Waals surface area contributed by atoms with E-state index in [9.17, 15) is 0 Å². The first kappa shape index (κ1) is 6.24. The number of fused-ring (bicyclic) bond motifs is 3. The van der Waals surface area contributed by atoms with Crippen molar-refractivity contribution in [2.45, 2.75) is 31.3 Å². The molecule has 11 heavy (non-hydrogen) atoms.